The number of nitrogens with zero attached hydrogens (tertiary/aromatic N) is 2. The van der Waals surface area contributed by atoms with Crippen molar-refractivity contribution in [1.82, 2.24) is 0 Å². The van der Waals surface area contributed by atoms with Gasteiger partial charge in [0.05, 0.1) is 16.9 Å². The van der Waals surface area contributed by atoms with E-state index in [1.807, 2.05) is 0 Å². The third-order valence-corrected chi connectivity index (χ3v) is 3.92. The molecule has 0 amide bonds. The first-order chi connectivity index (χ1) is 10.8. The lowest BCUT2D eigenvalue weighted by atomic mass is 9.85. The van der Waals surface area contributed by atoms with Gasteiger partial charge in [0.2, 0.25) is 0 Å². The number of benzene rings is 2. The number of nitro benzene ring substituents is 1. The summed E-state index contributed by atoms with van der Waals surface area (Å²) >= 11 is 0. The Morgan fingerprint density at radius 3 is 2.09 bits per heavy atom. The fraction of sp³-hybridized carbons (Fsp3) is 0.316. The van der Waals surface area contributed by atoms with Crippen LogP contribution in [0.2, 0.25) is 0 Å². The first-order valence-electron chi connectivity index (χ1n) is 7.54. The van der Waals surface area contributed by atoms with Crippen molar-refractivity contribution < 1.29 is 4.92 Å². The summed E-state index contributed by atoms with van der Waals surface area (Å²) in [7, 11) is 0. The van der Waals surface area contributed by atoms with Crippen molar-refractivity contribution in [3.05, 3.63) is 75.3 Å². The number of rotatable bonds is 4. The van der Waals surface area contributed by atoms with Crippen LogP contribution >= 0.6 is 0 Å². The molecule has 1 atom stereocenters. The molecular weight excluding hydrogens is 288 g/mol. The third kappa shape index (κ3) is 4.17. The molecular formula is C19H20N2O2. The van der Waals surface area contributed by atoms with Crippen molar-refractivity contribution in [3.63, 3.8) is 0 Å². The molecule has 0 saturated heterocycles. The van der Waals surface area contributed by atoms with E-state index in [0.717, 1.165) is 11.1 Å². The molecule has 4 heteroatoms. The highest BCUT2D eigenvalue weighted by Gasteiger charge is 2.16. The zero-order valence-corrected chi connectivity index (χ0v) is 13.6. The van der Waals surface area contributed by atoms with Crippen LogP contribution in [-0.4, -0.2) is 4.92 Å². The predicted molar refractivity (Wildman–Crippen MR) is 90.3 cm³/mol. The van der Waals surface area contributed by atoms with Crippen LogP contribution in [0, 0.1) is 21.4 Å². The summed E-state index contributed by atoms with van der Waals surface area (Å²) in [5, 5.41) is 20.1. The number of non-ortho nitro benzene ring substituents is 1. The van der Waals surface area contributed by atoms with E-state index in [1.54, 1.807) is 12.1 Å². The summed E-state index contributed by atoms with van der Waals surface area (Å²) in [5.74, 6) is -0.309. The summed E-state index contributed by atoms with van der Waals surface area (Å²) < 4.78 is 0. The molecule has 0 aliphatic heterocycles. The highest BCUT2D eigenvalue weighted by Crippen LogP contribution is 2.26. The molecule has 0 aromatic heterocycles. The van der Waals surface area contributed by atoms with Crippen LogP contribution in [0.4, 0.5) is 5.69 Å². The summed E-state index contributed by atoms with van der Waals surface area (Å²) in [4.78, 5) is 10.3. The minimum atomic E-state index is -0.434. The van der Waals surface area contributed by atoms with Crippen molar-refractivity contribution in [2.75, 3.05) is 0 Å². The first-order valence-corrected chi connectivity index (χ1v) is 7.54. The second-order valence-corrected chi connectivity index (χ2v) is 6.68. The number of nitriles is 1. The van der Waals surface area contributed by atoms with Crippen molar-refractivity contribution in [2.24, 2.45) is 0 Å². The molecule has 0 fully saturated rings. The van der Waals surface area contributed by atoms with Crippen LogP contribution in [0.15, 0.2) is 48.5 Å². The zero-order valence-electron chi connectivity index (χ0n) is 13.6. The lowest BCUT2D eigenvalue weighted by molar-refractivity contribution is -0.384. The van der Waals surface area contributed by atoms with Crippen molar-refractivity contribution in [2.45, 2.75) is 38.5 Å². The molecule has 0 saturated carbocycles. The van der Waals surface area contributed by atoms with Gasteiger partial charge in [0.25, 0.3) is 5.69 Å². The van der Waals surface area contributed by atoms with Crippen molar-refractivity contribution in [3.8, 4) is 6.07 Å². The number of hydrogen-bond acceptors (Lipinski definition) is 3. The van der Waals surface area contributed by atoms with Crippen LogP contribution in [-0.2, 0) is 11.8 Å². The molecule has 2 aromatic rings. The van der Waals surface area contributed by atoms with Crippen LogP contribution in [0.3, 0.4) is 0 Å². The van der Waals surface area contributed by atoms with E-state index in [-0.39, 0.29) is 17.0 Å². The molecule has 0 radical (unpaired) electrons. The van der Waals surface area contributed by atoms with E-state index >= 15 is 0 Å². The second kappa shape index (κ2) is 6.62. The Hall–Kier alpha value is -2.67. The van der Waals surface area contributed by atoms with E-state index in [2.05, 4.69) is 51.1 Å². The van der Waals surface area contributed by atoms with Gasteiger partial charge >= 0.3 is 0 Å². The Kier molecular flexibility index (Phi) is 4.80. The van der Waals surface area contributed by atoms with Gasteiger partial charge in [-0.3, -0.25) is 10.1 Å². The van der Waals surface area contributed by atoms with Crippen LogP contribution in [0.5, 0.6) is 0 Å². The largest absolute Gasteiger partial charge is 0.269 e. The second-order valence-electron chi connectivity index (χ2n) is 6.68. The maximum absolute atomic E-state index is 10.7. The monoisotopic (exact) mass is 308 g/mol. The molecule has 0 spiro atoms. The van der Waals surface area contributed by atoms with Gasteiger partial charge in [-0.2, -0.15) is 5.26 Å². The molecule has 0 aliphatic carbocycles. The Morgan fingerprint density at radius 2 is 1.65 bits per heavy atom. The van der Waals surface area contributed by atoms with Gasteiger partial charge < -0.3 is 0 Å². The van der Waals surface area contributed by atoms with E-state index in [4.69, 9.17) is 0 Å². The lowest BCUT2D eigenvalue weighted by Gasteiger charge is -2.19. The molecule has 4 nitrogen and oxygen atoms in total. The minimum Gasteiger partial charge on any atom is -0.258 e. The maximum Gasteiger partial charge on any atom is 0.269 e. The normalized spacial score (nSPS) is 12.4. The van der Waals surface area contributed by atoms with Gasteiger partial charge in [-0.25, -0.2) is 0 Å². The molecule has 0 heterocycles. The average molecular weight is 308 g/mol. The smallest absolute Gasteiger partial charge is 0.258 e. The molecule has 0 aliphatic rings. The predicted octanol–water partition coefficient (Wildman–Crippen LogP) is 4.74. The zero-order chi connectivity index (χ0) is 17.0. The van der Waals surface area contributed by atoms with Gasteiger partial charge in [0, 0.05) is 12.1 Å². The van der Waals surface area contributed by atoms with E-state index in [0.29, 0.717) is 6.42 Å². The summed E-state index contributed by atoms with van der Waals surface area (Å²) in [6.07, 6.45) is 0.596. The highest BCUT2D eigenvalue weighted by atomic mass is 16.6. The van der Waals surface area contributed by atoms with Crippen molar-refractivity contribution in [1.29, 1.82) is 5.26 Å². The summed E-state index contributed by atoms with van der Waals surface area (Å²) in [6, 6.07) is 16.8. The molecule has 1 unspecified atom stereocenters. The minimum absolute atomic E-state index is 0.0416. The van der Waals surface area contributed by atoms with Crippen LogP contribution < -0.4 is 0 Å². The van der Waals surface area contributed by atoms with Gasteiger partial charge in [-0.05, 0) is 28.5 Å². The average Bonchev–Trinajstić information content (AvgIpc) is 2.52. The molecule has 2 rings (SSSR count). The van der Waals surface area contributed by atoms with E-state index in [1.165, 1.54) is 17.7 Å². The lowest BCUT2D eigenvalue weighted by Crippen LogP contribution is -2.11. The van der Waals surface area contributed by atoms with E-state index < -0.39 is 4.92 Å². The van der Waals surface area contributed by atoms with Gasteiger partial charge in [0.1, 0.15) is 0 Å². The fourth-order valence-electron chi connectivity index (χ4n) is 2.44. The summed E-state index contributed by atoms with van der Waals surface area (Å²) in [5.41, 5.74) is 3.29. The number of nitro groups is 1. The van der Waals surface area contributed by atoms with Gasteiger partial charge in [-0.1, -0.05) is 57.2 Å². The third-order valence-electron chi connectivity index (χ3n) is 3.92. The SMILES string of the molecule is CC(C)(C)c1ccc(CC(C#N)c2ccc([N+](=O)[O-])cc2)cc1. The molecule has 2 aromatic carbocycles. The van der Waals surface area contributed by atoms with Crippen LogP contribution in [0.25, 0.3) is 0 Å². The van der Waals surface area contributed by atoms with E-state index in [9.17, 15) is 15.4 Å². The standard InChI is InChI=1S/C19H20N2O2/c1-19(2,3)17-8-4-14(5-9-17)12-16(13-20)15-6-10-18(11-7-15)21(22)23/h4-11,16H,12H2,1-3H3. The molecule has 23 heavy (non-hydrogen) atoms. The topological polar surface area (TPSA) is 66.9 Å². The summed E-state index contributed by atoms with van der Waals surface area (Å²) in [6.45, 7) is 6.49. The molecule has 0 N–H and O–H groups in total. The van der Waals surface area contributed by atoms with Gasteiger partial charge in [-0.15, -0.1) is 0 Å². The van der Waals surface area contributed by atoms with Gasteiger partial charge in [0.15, 0.2) is 0 Å². The Morgan fingerprint density at radius 1 is 1.09 bits per heavy atom. The molecule has 0 bridgehead atoms. The fourth-order valence-corrected chi connectivity index (χ4v) is 2.44. The highest BCUT2D eigenvalue weighted by molar-refractivity contribution is 5.37. The first kappa shape index (κ1) is 16.7. The quantitative estimate of drug-likeness (QED) is 0.605. The van der Waals surface area contributed by atoms with Crippen molar-refractivity contribution >= 4 is 5.69 Å². The molecule has 118 valence electrons. The van der Waals surface area contributed by atoms with Crippen LogP contribution in [0.1, 0.15) is 43.4 Å². The Bertz CT molecular complexity index is 720. The Balaban J connectivity index is 2.16. The Labute approximate surface area is 136 Å². The maximum atomic E-state index is 10.7. The number of hydrogen-bond donors (Lipinski definition) is 0.